The first-order chi connectivity index (χ1) is 14.3. The first-order valence-corrected chi connectivity index (χ1v) is 10.4. The molecule has 1 aromatic carbocycles. The minimum atomic E-state index is -1.34. The molecule has 3 rings (SSSR count). The highest BCUT2D eigenvalue weighted by molar-refractivity contribution is 5.79. The predicted molar refractivity (Wildman–Crippen MR) is 109 cm³/mol. The largest absolute Gasteiger partial charge is 0.548 e. The van der Waals surface area contributed by atoms with Crippen molar-refractivity contribution in [3.63, 3.8) is 0 Å². The van der Waals surface area contributed by atoms with Gasteiger partial charge in [-0.3, -0.25) is 0 Å². The highest BCUT2D eigenvalue weighted by Crippen LogP contribution is 2.36. The van der Waals surface area contributed by atoms with E-state index in [1.807, 2.05) is 19.9 Å². The van der Waals surface area contributed by atoms with E-state index in [1.165, 1.54) is 0 Å². The topological polar surface area (TPSA) is 145 Å². The lowest BCUT2D eigenvalue weighted by molar-refractivity contribution is -0.436. The second-order valence-electron chi connectivity index (χ2n) is 9.34. The molecule has 0 aromatic heterocycles. The molecule has 9 nitrogen and oxygen atoms in total. The lowest BCUT2D eigenvalue weighted by Gasteiger charge is -2.24. The molecule has 0 radical (unpaired) electrons. The molecule has 2 aliphatic rings. The lowest BCUT2D eigenvalue weighted by atomic mass is 10.1. The Balaban J connectivity index is 0.000000242. The number of alkyl carbamates (subject to hydrolysis) is 1. The highest BCUT2D eigenvalue weighted by atomic mass is 16.8. The quantitative estimate of drug-likeness (QED) is 0.588. The molecule has 1 aromatic rings. The van der Waals surface area contributed by atoms with Crippen molar-refractivity contribution in [1.29, 1.82) is 0 Å². The second-order valence-corrected chi connectivity index (χ2v) is 9.34. The van der Waals surface area contributed by atoms with Crippen LogP contribution in [0.5, 0.6) is 0 Å². The van der Waals surface area contributed by atoms with E-state index in [4.69, 9.17) is 14.2 Å². The minimum Gasteiger partial charge on any atom is -0.548 e. The van der Waals surface area contributed by atoms with Gasteiger partial charge in [0.15, 0.2) is 5.79 Å². The zero-order chi connectivity index (χ0) is 23.4. The Labute approximate surface area is 182 Å². The number of aliphatic carboxylic acids is 1. The van der Waals surface area contributed by atoms with Gasteiger partial charge in [0.2, 0.25) is 0 Å². The van der Waals surface area contributed by atoms with E-state index in [0.29, 0.717) is 6.42 Å². The van der Waals surface area contributed by atoms with Gasteiger partial charge in [-0.15, -0.1) is 0 Å². The molecule has 174 valence electrons. The second kappa shape index (κ2) is 9.95. The van der Waals surface area contributed by atoms with E-state index in [9.17, 15) is 19.8 Å². The fourth-order valence-corrected chi connectivity index (χ4v) is 3.55. The number of rotatable bonds is 4. The third-order valence-electron chi connectivity index (χ3n) is 4.81. The Bertz CT molecular complexity index is 730. The Morgan fingerprint density at radius 2 is 1.84 bits per heavy atom. The predicted octanol–water partition coefficient (Wildman–Crippen LogP) is -0.246. The maximum Gasteiger partial charge on any atom is 0.408 e. The number of carbonyl (C=O) groups is 2. The van der Waals surface area contributed by atoms with E-state index >= 15 is 0 Å². The zero-order valence-corrected chi connectivity index (χ0v) is 18.8. The van der Waals surface area contributed by atoms with E-state index in [-0.39, 0.29) is 24.7 Å². The number of ether oxygens (including phenoxy) is 3. The number of nitrogens with one attached hydrogen (secondary N) is 1. The van der Waals surface area contributed by atoms with Crippen molar-refractivity contribution in [3.8, 4) is 0 Å². The number of fused-ring (bicyclic) bond motifs is 1. The third-order valence-corrected chi connectivity index (χ3v) is 4.81. The highest BCUT2D eigenvalue weighted by Gasteiger charge is 2.54. The first kappa shape index (κ1) is 25.1. The molecule has 4 unspecified atom stereocenters. The molecule has 0 spiro atoms. The molecule has 2 fully saturated rings. The number of carbonyl (C=O) groups excluding carboxylic acids is 2. The Morgan fingerprint density at radius 1 is 1.26 bits per heavy atom. The molecular formula is C22H34N2O7. The number of hydrogen-bond acceptors (Lipinski definition) is 7. The number of aliphatic hydroxyl groups is 1. The number of hydrogen-bond donors (Lipinski definition) is 3. The van der Waals surface area contributed by atoms with Crippen LogP contribution in [0.25, 0.3) is 0 Å². The van der Waals surface area contributed by atoms with Crippen LogP contribution < -0.4 is 16.2 Å². The summed E-state index contributed by atoms with van der Waals surface area (Å²) >= 11 is 0. The monoisotopic (exact) mass is 438 g/mol. The number of aliphatic hydroxyl groups excluding tert-OH is 1. The van der Waals surface area contributed by atoms with Crippen LogP contribution in [0.1, 0.15) is 46.6 Å². The van der Waals surface area contributed by atoms with E-state index in [0.717, 1.165) is 5.56 Å². The van der Waals surface area contributed by atoms with E-state index < -0.39 is 35.6 Å². The Hall–Kier alpha value is -2.20. The van der Waals surface area contributed by atoms with Crippen LogP contribution in [0, 0.1) is 0 Å². The summed E-state index contributed by atoms with van der Waals surface area (Å²) in [7, 11) is 0. The number of quaternary nitrogens is 1. The Morgan fingerprint density at radius 3 is 2.35 bits per heavy atom. The molecule has 1 aliphatic heterocycles. The van der Waals surface area contributed by atoms with Crippen LogP contribution in [-0.2, 0) is 25.4 Å². The normalized spacial score (nSPS) is 27.5. The van der Waals surface area contributed by atoms with Gasteiger partial charge in [0.05, 0.1) is 18.1 Å². The molecule has 1 aliphatic carbocycles. The zero-order valence-electron chi connectivity index (χ0n) is 18.8. The molecule has 31 heavy (non-hydrogen) atoms. The average Bonchev–Trinajstić information content (AvgIpc) is 3.08. The van der Waals surface area contributed by atoms with Gasteiger partial charge in [-0.25, -0.2) is 4.79 Å². The Kier molecular flexibility index (Phi) is 8.04. The molecule has 5 N–H and O–H groups in total. The summed E-state index contributed by atoms with van der Waals surface area (Å²) in [5.41, 5.74) is 4.06. The summed E-state index contributed by atoms with van der Waals surface area (Å²) in [6.45, 7) is 8.85. The van der Waals surface area contributed by atoms with Gasteiger partial charge in [-0.2, -0.15) is 0 Å². The average molecular weight is 439 g/mol. The summed E-state index contributed by atoms with van der Waals surface area (Å²) in [6, 6.07) is 8.05. The number of carboxylic acids is 1. The fourth-order valence-electron chi connectivity index (χ4n) is 3.55. The summed E-state index contributed by atoms with van der Waals surface area (Å²) in [5.74, 6) is -1.89. The van der Waals surface area contributed by atoms with Crippen LogP contribution in [0.15, 0.2) is 30.3 Å². The molecular weight excluding hydrogens is 404 g/mol. The van der Waals surface area contributed by atoms with E-state index in [1.54, 1.807) is 45.0 Å². The summed E-state index contributed by atoms with van der Waals surface area (Å²) in [4.78, 5) is 22.6. The van der Waals surface area contributed by atoms with Gasteiger partial charge in [-0.1, -0.05) is 30.3 Å². The summed E-state index contributed by atoms with van der Waals surface area (Å²) < 4.78 is 16.2. The number of benzene rings is 1. The molecule has 0 bridgehead atoms. The maximum absolute atomic E-state index is 11.5. The van der Waals surface area contributed by atoms with Gasteiger partial charge in [0, 0.05) is 6.42 Å². The minimum absolute atomic E-state index is 0.0185. The van der Waals surface area contributed by atoms with Crippen molar-refractivity contribution in [2.45, 2.75) is 89.2 Å². The van der Waals surface area contributed by atoms with E-state index in [2.05, 4.69) is 11.1 Å². The molecule has 1 amide bonds. The first-order valence-electron chi connectivity index (χ1n) is 10.4. The van der Waals surface area contributed by atoms with Gasteiger partial charge in [-0.05, 0) is 46.6 Å². The number of amides is 1. The maximum atomic E-state index is 11.5. The van der Waals surface area contributed by atoms with Crippen LogP contribution in [-0.4, -0.2) is 59.0 Å². The van der Waals surface area contributed by atoms with Gasteiger partial charge in [0.25, 0.3) is 0 Å². The summed E-state index contributed by atoms with van der Waals surface area (Å²) in [5, 5.41) is 22.9. The molecule has 1 saturated carbocycles. The van der Waals surface area contributed by atoms with Gasteiger partial charge in [0.1, 0.15) is 23.9 Å². The third kappa shape index (κ3) is 7.77. The van der Waals surface area contributed by atoms with Crippen LogP contribution in [0.3, 0.4) is 0 Å². The van der Waals surface area contributed by atoms with Crippen LogP contribution in [0.2, 0.25) is 0 Å². The van der Waals surface area contributed by atoms with Crippen molar-refractivity contribution >= 4 is 12.1 Å². The van der Waals surface area contributed by atoms with Crippen LogP contribution >= 0.6 is 0 Å². The van der Waals surface area contributed by atoms with Crippen molar-refractivity contribution in [3.05, 3.63) is 35.9 Å². The number of carboxylic acid groups (broad SMARTS) is 1. The standard InChI is InChI=1S/C14H19NO4.C8H15NO3/c1-14(2,3)19-13(18)15-11(12(16)17)9-10-7-5-4-6-8-10;1-8(2)11-6-4(9)3-5(10)7(6)12-8/h4-8,11H,9H2,1-3H3,(H,15,18)(H,16,17);4-7,10H,3,9H2,1-2H3/t11-;/m0./s1. The van der Waals surface area contributed by atoms with Gasteiger partial charge >= 0.3 is 6.09 Å². The molecule has 1 heterocycles. The molecule has 5 atom stereocenters. The van der Waals surface area contributed by atoms with Crippen molar-refractivity contribution in [2.75, 3.05) is 0 Å². The van der Waals surface area contributed by atoms with Gasteiger partial charge < -0.3 is 40.3 Å². The lowest BCUT2D eigenvalue weighted by Crippen LogP contribution is -2.65. The molecule has 9 heteroatoms. The van der Waals surface area contributed by atoms with Crippen LogP contribution in [0.4, 0.5) is 4.79 Å². The smallest absolute Gasteiger partial charge is 0.408 e. The molecule has 1 saturated heterocycles. The van der Waals surface area contributed by atoms with Crippen molar-refractivity contribution in [2.24, 2.45) is 0 Å². The summed E-state index contributed by atoms with van der Waals surface area (Å²) in [6.07, 6.45) is -0.511. The van der Waals surface area contributed by atoms with Crippen molar-refractivity contribution < 1.29 is 39.7 Å². The fraction of sp³-hybridized carbons (Fsp3) is 0.636. The van der Waals surface area contributed by atoms with Crippen molar-refractivity contribution in [1.82, 2.24) is 5.32 Å². The SMILES string of the molecule is CC(C)(C)OC(=O)N[C@@H](Cc1ccccc1)C(=O)[O-].CC1(C)OC2C([NH3+])CC(O)C2O1.